The molecule has 0 aliphatic heterocycles. The molecule has 4 rings (SSSR count). The van der Waals surface area contributed by atoms with Crippen LogP contribution in [0.5, 0.6) is 11.5 Å². The molecule has 1 unspecified atom stereocenters. The van der Waals surface area contributed by atoms with Gasteiger partial charge in [0.1, 0.15) is 17.6 Å². The zero-order valence-electron chi connectivity index (χ0n) is 18.0. The Morgan fingerprint density at radius 2 is 1.73 bits per heavy atom. The van der Waals surface area contributed by atoms with E-state index in [0.717, 1.165) is 40.8 Å². The molecule has 3 aromatic carbocycles. The number of methoxy groups -OCH3 is 1. The van der Waals surface area contributed by atoms with Crippen molar-refractivity contribution in [1.82, 2.24) is 0 Å². The fourth-order valence-electron chi connectivity index (χ4n) is 4.00. The van der Waals surface area contributed by atoms with E-state index in [1.165, 1.54) is 19.2 Å². The summed E-state index contributed by atoms with van der Waals surface area (Å²) in [5.41, 5.74) is 4.72. The zero-order valence-corrected chi connectivity index (χ0v) is 18.0. The number of benzene rings is 3. The summed E-state index contributed by atoms with van der Waals surface area (Å²) < 4.78 is 52.5. The van der Waals surface area contributed by atoms with Crippen LogP contribution >= 0.6 is 0 Å². The number of carbonyl (C=O) groups is 1. The second-order valence-corrected chi connectivity index (χ2v) is 7.85. The summed E-state index contributed by atoms with van der Waals surface area (Å²) in [6.07, 6.45) is -2.22. The lowest BCUT2D eigenvalue weighted by molar-refractivity contribution is -0.274. The average molecular weight is 456 g/mol. The van der Waals surface area contributed by atoms with E-state index in [4.69, 9.17) is 4.74 Å². The van der Waals surface area contributed by atoms with Crippen molar-refractivity contribution in [2.45, 2.75) is 38.1 Å². The van der Waals surface area contributed by atoms with E-state index in [1.807, 2.05) is 42.5 Å². The van der Waals surface area contributed by atoms with Gasteiger partial charge < -0.3 is 14.2 Å². The maximum atomic E-state index is 12.5. The molecule has 0 N–H and O–H groups in total. The van der Waals surface area contributed by atoms with E-state index < -0.39 is 6.36 Å². The highest BCUT2D eigenvalue weighted by molar-refractivity contribution is 5.69. The molecule has 3 aromatic rings. The van der Waals surface area contributed by atoms with Gasteiger partial charge in [-0.15, -0.1) is 13.2 Å². The number of hydrogen-bond acceptors (Lipinski definition) is 4. The van der Waals surface area contributed by atoms with Gasteiger partial charge in [0.2, 0.25) is 0 Å². The minimum absolute atomic E-state index is 0.0881. The van der Waals surface area contributed by atoms with Gasteiger partial charge in [-0.2, -0.15) is 0 Å². The number of carbonyl (C=O) groups excluding carboxylic acids is 1. The predicted molar refractivity (Wildman–Crippen MR) is 117 cm³/mol. The van der Waals surface area contributed by atoms with Crippen LogP contribution in [0.15, 0.2) is 66.7 Å². The summed E-state index contributed by atoms with van der Waals surface area (Å²) in [7, 11) is 1.38. The van der Waals surface area contributed by atoms with Gasteiger partial charge in [-0.3, -0.25) is 4.79 Å². The Bertz CT molecular complexity index is 1120. The Kier molecular flexibility index (Phi) is 6.58. The summed E-state index contributed by atoms with van der Waals surface area (Å²) in [5.74, 6) is 0.268. The first-order valence-corrected chi connectivity index (χ1v) is 10.6. The van der Waals surface area contributed by atoms with Gasteiger partial charge in [0.25, 0.3) is 0 Å². The highest BCUT2D eigenvalue weighted by Gasteiger charge is 2.31. The lowest BCUT2D eigenvalue weighted by atomic mass is 10.00. The number of esters is 1. The van der Waals surface area contributed by atoms with Crippen LogP contribution in [0.1, 0.15) is 35.6 Å². The molecule has 1 atom stereocenters. The van der Waals surface area contributed by atoms with Crippen LogP contribution in [-0.4, -0.2) is 19.4 Å². The van der Waals surface area contributed by atoms with E-state index in [1.54, 1.807) is 12.1 Å². The van der Waals surface area contributed by atoms with Crippen LogP contribution < -0.4 is 9.47 Å². The third-order valence-corrected chi connectivity index (χ3v) is 5.61. The van der Waals surface area contributed by atoms with Crippen LogP contribution in [0.4, 0.5) is 13.2 Å². The Labute approximate surface area is 189 Å². The Morgan fingerprint density at radius 1 is 0.970 bits per heavy atom. The van der Waals surface area contributed by atoms with Crippen molar-refractivity contribution >= 4 is 5.97 Å². The smallest absolute Gasteiger partial charge is 0.486 e. The molecular formula is C26H23F3O4. The van der Waals surface area contributed by atoms with Crippen molar-refractivity contribution < 1.29 is 32.2 Å². The maximum absolute atomic E-state index is 12.5. The summed E-state index contributed by atoms with van der Waals surface area (Å²) in [5, 5.41) is 0. The molecule has 0 bridgehead atoms. The molecule has 1 aliphatic rings. The SMILES string of the molecule is COC(=O)CCc1ccc(OC2CCc3cc(-c4cccc(OC(F)(F)F)c4)ccc32)cc1. The van der Waals surface area contributed by atoms with E-state index in [2.05, 4.69) is 9.47 Å². The van der Waals surface area contributed by atoms with Crippen LogP contribution in [-0.2, 0) is 22.4 Å². The van der Waals surface area contributed by atoms with Crippen LogP contribution in [0.3, 0.4) is 0 Å². The van der Waals surface area contributed by atoms with Crippen molar-refractivity contribution in [2.24, 2.45) is 0 Å². The van der Waals surface area contributed by atoms with Crippen molar-refractivity contribution in [3.63, 3.8) is 0 Å². The quantitative estimate of drug-likeness (QED) is 0.385. The number of halogens is 3. The van der Waals surface area contributed by atoms with Crippen molar-refractivity contribution in [1.29, 1.82) is 0 Å². The summed E-state index contributed by atoms with van der Waals surface area (Å²) in [6, 6.07) is 19.5. The van der Waals surface area contributed by atoms with Gasteiger partial charge in [-0.05, 0) is 71.3 Å². The summed E-state index contributed by atoms with van der Waals surface area (Å²) >= 11 is 0. The Balaban J connectivity index is 1.44. The van der Waals surface area contributed by atoms with Crippen LogP contribution in [0, 0.1) is 0 Å². The molecule has 0 spiro atoms. The molecule has 0 heterocycles. The second kappa shape index (κ2) is 9.57. The first-order valence-electron chi connectivity index (χ1n) is 10.6. The molecule has 0 radical (unpaired) electrons. The topological polar surface area (TPSA) is 44.8 Å². The summed E-state index contributed by atoms with van der Waals surface area (Å²) in [6.45, 7) is 0. The van der Waals surface area contributed by atoms with E-state index >= 15 is 0 Å². The number of aryl methyl sites for hydroxylation is 2. The van der Waals surface area contributed by atoms with Gasteiger partial charge in [0.15, 0.2) is 0 Å². The maximum Gasteiger partial charge on any atom is 0.573 e. The van der Waals surface area contributed by atoms with Crippen molar-refractivity contribution in [2.75, 3.05) is 7.11 Å². The largest absolute Gasteiger partial charge is 0.573 e. The number of hydrogen-bond donors (Lipinski definition) is 0. The molecule has 0 saturated heterocycles. The first-order chi connectivity index (χ1) is 15.8. The third kappa shape index (κ3) is 5.86. The van der Waals surface area contributed by atoms with Gasteiger partial charge >= 0.3 is 12.3 Å². The monoisotopic (exact) mass is 456 g/mol. The van der Waals surface area contributed by atoms with Gasteiger partial charge in [-0.1, -0.05) is 42.5 Å². The predicted octanol–water partition coefficient (Wildman–Crippen LogP) is 6.42. The molecule has 172 valence electrons. The van der Waals surface area contributed by atoms with Crippen LogP contribution in [0.25, 0.3) is 11.1 Å². The highest BCUT2D eigenvalue weighted by Crippen LogP contribution is 2.38. The lowest BCUT2D eigenvalue weighted by Gasteiger charge is -2.16. The Hall–Kier alpha value is -3.48. The van der Waals surface area contributed by atoms with Gasteiger partial charge in [-0.25, -0.2) is 0 Å². The standard InChI is InChI=1S/C26H23F3O4/c1-31-25(30)14-7-17-5-10-21(11-6-17)32-24-13-9-20-15-19(8-12-23(20)24)18-3-2-4-22(16-18)33-26(27,28)29/h2-6,8,10-12,15-16,24H,7,9,13-14H2,1H3. The number of rotatable bonds is 7. The molecule has 0 aromatic heterocycles. The summed E-state index contributed by atoms with van der Waals surface area (Å²) in [4.78, 5) is 11.3. The molecular weight excluding hydrogens is 433 g/mol. The number of fused-ring (bicyclic) bond motifs is 1. The molecule has 7 heteroatoms. The van der Waals surface area contributed by atoms with E-state index in [-0.39, 0.29) is 17.8 Å². The van der Waals surface area contributed by atoms with Gasteiger partial charge in [0.05, 0.1) is 7.11 Å². The number of alkyl halides is 3. The molecule has 0 amide bonds. The van der Waals surface area contributed by atoms with Crippen molar-refractivity contribution in [3.05, 3.63) is 83.4 Å². The van der Waals surface area contributed by atoms with Crippen molar-refractivity contribution in [3.8, 4) is 22.6 Å². The molecule has 1 aliphatic carbocycles. The highest BCUT2D eigenvalue weighted by atomic mass is 19.4. The molecule has 0 fully saturated rings. The average Bonchev–Trinajstić information content (AvgIpc) is 3.19. The third-order valence-electron chi connectivity index (χ3n) is 5.61. The first kappa shape index (κ1) is 22.7. The fourth-order valence-corrected chi connectivity index (χ4v) is 4.00. The van der Waals surface area contributed by atoms with Gasteiger partial charge in [0, 0.05) is 6.42 Å². The minimum Gasteiger partial charge on any atom is -0.486 e. The minimum atomic E-state index is -4.72. The normalized spacial score (nSPS) is 15.1. The Morgan fingerprint density at radius 3 is 2.45 bits per heavy atom. The fraction of sp³-hybridized carbons (Fsp3) is 0.269. The zero-order chi connectivity index (χ0) is 23.4. The van der Waals surface area contributed by atoms with Crippen LogP contribution in [0.2, 0.25) is 0 Å². The molecule has 33 heavy (non-hydrogen) atoms. The number of ether oxygens (including phenoxy) is 3. The second-order valence-electron chi connectivity index (χ2n) is 7.85. The van der Waals surface area contributed by atoms with E-state index in [9.17, 15) is 18.0 Å². The van der Waals surface area contributed by atoms with E-state index in [0.29, 0.717) is 18.4 Å². The molecule has 4 nitrogen and oxygen atoms in total. The lowest BCUT2D eigenvalue weighted by Crippen LogP contribution is -2.17. The molecule has 0 saturated carbocycles.